The quantitative estimate of drug-likeness (QED) is 0.868. The Bertz CT molecular complexity index is 585. The molecule has 0 radical (unpaired) electrons. The summed E-state index contributed by atoms with van der Waals surface area (Å²) in [7, 11) is -3.21. The van der Waals surface area contributed by atoms with Crippen LogP contribution in [0.15, 0.2) is 24.3 Å². The summed E-state index contributed by atoms with van der Waals surface area (Å²) in [6, 6.07) is 7.25. The Hall–Kier alpha value is -1.40. The van der Waals surface area contributed by atoms with Crippen molar-refractivity contribution in [3.8, 4) is 0 Å². The number of hydrogen-bond acceptors (Lipinski definition) is 3. The van der Waals surface area contributed by atoms with Gasteiger partial charge < -0.3 is 4.98 Å². The van der Waals surface area contributed by atoms with Crippen LogP contribution in [0.2, 0.25) is 0 Å². The van der Waals surface area contributed by atoms with E-state index in [1.165, 1.54) is 0 Å². The number of hydrogen-bond donors (Lipinski definition) is 2. The molecule has 0 amide bonds. The van der Waals surface area contributed by atoms with Crippen LogP contribution in [0.3, 0.4) is 0 Å². The van der Waals surface area contributed by atoms with Crippen molar-refractivity contribution in [2.24, 2.45) is 0 Å². The van der Waals surface area contributed by atoms with Gasteiger partial charge in [0, 0.05) is 0 Å². The monoisotopic (exact) mass is 253 g/mol. The molecule has 17 heavy (non-hydrogen) atoms. The molecule has 2 rings (SSSR count). The van der Waals surface area contributed by atoms with Crippen molar-refractivity contribution in [2.45, 2.75) is 19.9 Å². The third kappa shape index (κ3) is 2.65. The van der Waals surface area contributed by atoms with E-state index in [1.807, 2.05) is 24.3 Å². The van der Waals surface area contributed by atoms with Crippen molar-refractivity contribution in [2.75, 3.05) is 5.75 Å². The van der Waals surface area contributed by atoms with Crippen LogP contribution in [0.4, 0.5) is 0 Å². The molecule has 1 heterocycles. The molecular formula is C11H15N3O2S. The van der Waals surface area contributed by atoms with Gasteiger partial charge in [-0.25, -0.2) is 18.1 Å². The minimum atomic E-state index is -3.21. The molecule has 0 fully saturated rings. The summed E-state index contributed by atoms with van der Waals surface area (Å²) in [4.78, 5) is 7.45. The highest BCUT2D eigenvalue weighted by molar-refractivity contribution is 7.89. The average molecular weight is 253 g/mol. The zero-order chi connectivity index (χ0) is 12.5. The van der Waals surface area contributed by atoms with E-state index in [2.05, 4.69) is 14.7 Å². The lowest BCUT2D eigenvalue weighted by atomic mass is 10.3. The topological polar surface area (TPSA) is 74.8 Å². The van der Waals surface area contributed by atoms with E-state index in [4.69, 9.17) is 0 Å². The number of sulfonamides is 1. The minimum absolute atomic E-state index is 0.0670. The van der Waals surface area contributed by atoms with E-state index in [9.17, 15) is 8.42 Å². The van der Waals surface area contributed by atoms with Crippen molar-refractivity contribution in [1.29, 1.82) is 0 Å². The fourth-order valence-electron chi connectivity index (χ4n) is 1.59. The predicted octanol–water partition coefficient (Wildman–Crippen LogP) is 1.56. The number of rotatable bonds is 4. The molecule has 6 heteroatoms. The highest BCUT2D eigenvalue weighted by Crippen LogP contribution is 2.15. The number of aromatic nitrogens is 2. The Morgan fingerprint density at radius 3 is 2.76 bits per heavy atom. The van der Waals surface area contributed by atoms with Crippen LogP contribution in [0.5, 0.6) is 0 Å². The summed E-state index contributed by atoms with van der Waals surface area (Å²) in [5.41, 5.74) is 1.75. The SMILES string of the molecule is CCS(=O)(=O)NC(C)c1nc2ccccc2[nH]1. The fraction of sp³-hybridized carbons (Fsp3) is 0.364. The zero-order valence-corrected chi connectivity index (χ0v) is 10.6. The van der Waals surface area contributed by atoms with Gasteiger partial charge in [0.05, 0.1) is 22.8 Å². The predicted molar refractivity (Wildman–Crippen MR) is 67.1 cm³/mol. The molecule has 1 atom stereocenters. The van der Waals surface area contributed by atoms with Gasteiger partial charge >= 0.3 is 0 Å². The maximum atomic E-state index is 11.4. The largest absolute Gasteiger partial charge is 0.341 e. The first-order chi connectivity index (χ1) is 8.02. The lowest BCUT2D eigenvalue weighted by Crippen LogP contribution is -2.28. The number of nitrogens with zero attached hydrogens (tertiary/aromatic N) is 1. The Kier molecular flexibility index (Phi) is 3.17. The van der Waals surface area contributed by atoms with Gasteiger partial charge in [0.15, 0.2) is 0 Å². The Balaban J connectivity index is 2.28. The Morgan fingerprint density at radius 1 is 1.41 bits per heavy atom. The highest BCUT2D eigenvalue weighted by Gasteiger charge is 2.16. The van der Waals surface area contributed by atoms with Crippen LogP contribution >= 0.6 is 0 Å². The number of para-hydroxylation sites is 2. The first-order valence-electron chi connectivity index (χ1n) is 5.46. The summed E-state index contributed by atoms with van der Waals surface area (Å²) in [5.74, 6) is 0.695. The van der Waals surface area contributed by atoms with Crippen molar-refractivity contribution in [3.05, 3.63) is 30.1 Å². The van der Waals surface area contributed by atoms with Crippen LogP contribution in [0.1, 0.15) is 25.7 Å². The van der Waals surface area contributed by atoms with Crippen LogP contribution in [-0.2, 0) is 10.0 Å². The second-order valence-electron chi connectivity index (χ2n) is 3.88. The molecule has 2 N–H and O–H groups in total. The first-order valence-corrected chi connectivity index (χ1v) is 7.11. The molecule has 1 aromatic heterocycles. The number of aromatic amines is 1. The van der Waals surface area contributed by atoms with Gasteiger partial charge in [-0.1, -0.05) is 12.1 Å². The van der Waals surface area contributed by atoms with Crippen molar-refractivity contribution in [3.63, 3.8) is 0 Å². The standard InChI is InChI=1S/C11H15N3O2S/c1-3-17(15,16)14-8(2)11-12-9-6-4-5-7-10(9)13-11/h4-8,14H,3H2,1-2H3,(H,12,13). The molecule has 0 bridgehead atoms. The maximum Gasteiger partial charge on any atom is 0.211 e. The number of fused-ring (bicyclic) bond motifs is 1. The molecule has 0 aliphatic heterocycles. The molecule has 0 spiro atoms. The van der Waals surface area contributed by atoms with E-state index in [0.29, 0.717) is 5.82 Å². The number of nitrogens with one attached hydrogen (secondary N) is 2. The second kappa shape index (κ2) is 4.46. The summed E-state index contributed by atoms with van der Waals surface area (Å²) < 4.78 is 25.5. The van der Waals surface area contributed by atoms with Gasteiger partial charge in [0.2, 0.25) is 10.0 Å². The van der Waals surface area contributed by atoms with Crippen LogP contribution < -0.4 is 4.72 Å². The highest BCUT2D eigenvalue weighted by atomic mass is 32.2. The lowest BCUT2D eigenvalue weighted by Gasteiger charge is -2.10. The van der Waals surface area contributed by atoms with E-state index >= 15 is 0 Å². The molecule has 0 saturated carbocycles. The lowest BCUT2D eigenvalue weighted by molar-refractivity contribution is 0.563. The molecule has 2 aromatic rings. The number of H-pyrrole nitrogens is 1. The molecule has 92 valence electrons. The third-order valence-corrected chi connectivity index (χ3v) is 4.03. The number of imidazole rings is 1. The molecule has 0 saturated heterocycles. The normalized spacial score (nSPS) is 14.0. The van der Waals surface area contributed by atoms with E-state index in [1.54, 1.807) is 13.8 Å². The van der Waals surface area contributed by atoms with Crippen LogP contribution in [0, 0.1) is 0 Å². The molecule has 1 unspecified atom stereocenters. The summed E-state index contributed by atoms with van der Waals surface area (Å²) in [5, 5.41) is 0. The molecule has 1 aromatic carbocycles. The maximum absolute atomic E-state index is 11.4. The van der Waals surface area contributed by atoms with Crippen molar-refractivity contribution >= 4 is 21.1 Å². The van der Waals surface area contributed by atoms with Crippen LogP contribution in [0.25, 0.3) is 11.0 Å². The minimum Gasteiger partial charge on any atom is -0.341 e. The van der Waals surface area contributed by atoms with Gasteiger partial charge in [-0.15, -0.1) is 0 Å². The second-order valence-corrected chi connectivity index (χ2v) is 5.92. The first kappa shape index (κ1) is 12.1. The molecule has 0 aliphatic carbocycles. The third-order valence-electron chi connectivity index (χ3n) is 2.55. The number of benzene rings is 1. The van der Waals surface area contributed by atoms with Crippen LogP contribution in [-0.4, -0.2) is 24.1 Å². The zero-order valence-electron chi connectivity index (χ0n) is 9.77. The summed E-state index contributed by atoms with van der Waals surface area (Å²) >= 11 is 0. The molecular weight excluding hydrogens is 238 g/mol. The van der Waals surface area contributed by atoms with Gasteiger partial charge in [-0.3, -0.25) is 0 Å². The summed E-state index contributed by atoms with van der Waals surface area (Å²) in [6.07, 6.45) is 0. The van der Waals surface area contributed by atoms with E-state index in [0.717, 1.165) is 11.0 Å². The molecule has 0 aliphatic rings. The molecule has 5 nitrogen and oxygen atoms in total. The van der Waals surface area contributed by atoms with Gasteiger partial charge in [-0.05, 0) is 26.0 Å². The summed E-state index contributed by atoms with van der Waals surface area (Å²) in [6.45, 7) is 3.37. The van der Waals surface area contributed by atoms with Gasteiger partial charge in [-0.2, -0.15) is 0 Å². The van der Waals surface area contributed by atoms with Crippen molar-refractivity contribution in [1.82, 2.24) is 14.7 Å². The van der Waals surface area contributed by atoms with E-state index < -0.39 is 10.0 Å². The van der Waals surface area contributed by atoms with E-state index in [-0.39, 0.29) is 11.8 Å². The smallest absolute Gasteiger partial charge is 0.211 e. The average Bonchev–Trinajstić information content (AvgIpc) is 2.72. The van der Waals surface area contributed by atoms with Gasteiger partial charge in [0.1, 0.15) is 5.82 Å². The Labute approximate surface area is 100 Å². The van der Waals surface area contributed by atoms with Gasteiger partial charge in [0.25, 0.3) is 0 Å². The van der Waals surface area contributed by atoms with Crippen molar-refractivity contribution < 1.29 is 8.42 Å². The Morgan fingerprint density at radius 2 is 2.12 bits per heavy atom. The fourth-order valence-corrected chi connectivity index (χ4v) is 2.40.